The van der Waals surface area contributed by atoms with Gasteiger partial charge in [0.25, 0.3) is 0 Å². The summed E-state index contributed by atoms with van der Waals surface area (Å²) in [5.74, 6) is 1.02. The van der Waals surface area contributed by atoms with E-state index in [1.165, 1.54) is 0 Å². The van der Waals surface area contributed by atoms with Crippen molar-refractivity contribution in [3.05, 3.63) is 18.3 Å². The first kappa shape index (κ1) is 15.1. The molecule has 1 aliphatic heterocycles. The van der Waals surface area contributed by atoms with Crippen molar-refractivity contribution in [1.82, 2.24) is 9.88 Å². The van der Waals surface area contributed by atoms with E-state index in [1.807, 2.05) is 12.1 Å². The van der Waals surface area contributed by atoms with Crippen LogP contribution >= 0.6 is 0 Å². The van der Waals surface area contributed by atoms with Gasteiger partial charge in [0, 0.05) is 39.8 Å². The average Bonchev–Trinajstić information content (AvgIpc) is 2.47. The first-order valence-corrected chi connectivity index (χ1v) is 7.24. The lowest BCUT2D eigenvalue weighted by molar-refractivity contribution is 0.00707. The third-order valence-electron chi connectivity index (χ3n) is 4.05. The summed E-state index contributed by atoms with van der Waals surface area (Å²) in [4.78, 5) is 9.20. The molecule has 0 amide bonds. The van der Waals surface area contributed by atoms with Gasteiger partial charge in [0.2, 0.25) is 0 Å². The molecule has 0 spiro atoms. The number of ether oxygens (including phenoxy) is 1. The second-order valence-electron chi connectivity index (χ2n) is 5.99. The van der Waals surface area contributed by atoms with E-state index < -0.39 is 0 Å². The Bertz CT molecular complexity index is 410. The van der Waals surface area contributed by atoms with Crippen LogP contribution in [0.4, 0.5) is 11.5 Å². The Labute approximate surface area is 121 Å². The summed E-state index contributed by atoms with van der Waals surface area (Å²) >= 11 is 0. The second kappa shape index (κ2) is 6.41. The number of piperazine rings is 1. The molecule has 1 aromatic rings. The molecule has 1 saturated heterocycles. The van der Waals surface area contributed by atoms with Crippen molar-refractivity contribution in [1.29, 1.82) is 0 Å². The molecule has 0 bridgehead atoms. The van der Waals surface area contributed by atoms with Gasteiger partial charge >= 0.3 is 0 Å². The van der Waals surface area contributed by atoms with Gasteiger partial charge < -0.3 is 15.4 Å². The number of nitrogen functional groups attached to an aromatic ring is 1. The van der Waals surface area contributed by atoms with Gasteiger partial charge in [-0.05, 0) is 32.4 Å². The molecule has 5 heteroatoms. The van der Waals surface area contributed by atoms with E-state index in [9.17, 15) is 0 Å². The van der Waals surface area contributed by atoms with Gasteiger partial charge in [0.15, 0.2) is 0 Å². The smallest absolute Gasteiger partial charge is 0.128 e. The summed E-state index contributed by atoms with van der Waals surface area (Å²) in [7, 11) is 1.78. The Morgan fingerprint density at radius 1 is 1.25 bits per heavy atom. The summed E-state index contributed by atoms with van der Waals surface area (Å²) < 4.78 is 5.47. The highest BCUT2D eigenvalue weighted by molar-refractivity contribution is 5.46. The highest BCUT2D eigenvalue weighted by Crippen LogP contribution is 2.17. The van der Waals surface area contributed by atoms with Crippen molar-refractivity contribution in [3.8, 4) is 0 Å². The fraction of sp³-hybridized carbons (Fsp3) is 0.667. The number of hydrogen-bond acceptors (Lipinski definition) is 5. The third kappa shape index (κ3) is 4.08. The summed E-state index contributed by atoms with van der Waals surface area (Å²) in [5.41, 5.74) is 6.36. The highest BCUT2D eigenvalue weighted by Gasteiger charge is 2.21. The van der Waals surface area contributed by atoms with Crippen molar-refractivity contribution >= 4 is 11.5 Å². The fourth-order valence-corrected chi connectivity index (χ4v) is 2.31. The lowest BCUT2D eigenvalue weighted by Gasteiger charge is -2.36. The largest absolute Gasteiger partial charge is 0.397 e. The van der Waals surface area contributed by atoms with Gasteiger partial charge in [0.05, 0.1) is 17.5 Å². The van der Waals surface area contributed by atoms with Crippen molar-refractivity contribution in [2.24, 2.45) is 0 Å². The Morgan fingerprint density at radius 3 is 2.50 bits per heavy atom. The first-order valence-electron chi connectivity index (χ1n) is 7.24. The lowest BCUT2D eigenvalue weighted by Crippen LogP contribution is -2.47. The maximum Gasteiger partial charge on any atom is 0.128 e. The molecule has 20 heavy (non-hydrogen) atoms. The molecule has 2 heterocycles. The topological polar surface area (TPSA) is 54.6 Å². The van der Waals surface area contributed by atoms with E-state index in [0.717, 1.165) is 45.0 Å². The molecule has 2 rings (SSSR count). The maximum atomic E-state index is 5.67. The molecule has 1 aliphatic rings. The SMILES string of the molecule is COC(C)(C)CCN1CCN(c2ccc(N)cn2)CC1. The molecule has 2 N–H and O–H groups in total. The van der Waals surface area contributed by atoms with Crippen LogP contribution in [0, 0.1) is 0 Å². The zero-order valence-corrected chi connectivity index (χ0v) is 12.8. The molecule has 112 valence electrons. The van der Waals surface area contributed by atoms with Crippen LogP contribution in [0.2, 0.25) is 0 Å². The van der Waals surface area contributed by atoms with Gasteiger partial charge in [-0.3, -0.25) is 4.90 Å². The molecule has 5 nitrogen and oxygen atoms in total. The number of pyridine rings is 1. The molecule has 0 radical (unpaired) electrons. The summed E-state index contributed by atoms with van der Waals surface area (Å²) in [6.07, 6.45) is 2.78. The summed E-state index contributed by atoms with van der Waals surface area (Å²) in [6, 6.07) is 3.91. The van der Waals surface area contributed by atoms with Crippen LogP contribution in [0.15, 0.2) is 18.3 Å². The van der Waals surface area contributed by atoms with Crippen LogP contribution in [0.3, 0.4) is 0 Å². The third-order valence-corrected chi connectivity index (χ3v) is 4.05. The van der Waals surface area contributed by atoms with Crippen molar-refractivity contribution in [3.63, 3.8) is 0 Å². The zero-order valence-electron chi connectivity index (χ0n) is 12.8. The normalized spacial score (nSPS) is 17.4. The van der Waals surface area contributed by atoms with E-state index in [1.54, 1.807) is 13.3 Å². The standard InChI is InChI=1S/C15H26N4O/c1-15(2,20-3)6-7-18-8-10-19(11-9-18)14-5-4-13(16)12-17-14/h4-5,12H,6-11,16H2,1-3H3. The second-order valence-corrected chi connectivity index (χ2v) is 5.99. The summed E-state index contributed by atoms with van der Waals surface area (Å²) in [5, 5.41) is 0. The Hall–Kier alpha value is -1.33. The number of rotatable bonds is 5. The van der Waals surface area contributed by atoms with Gasteiger partial charge in [0.1, 0.15) is 5.82 Å². The number of methoxy groups -OCH3 is 1. The number of hydrogen-bond donors (Lipinski definition) is 1. The minimum Gasteiger partial charge on any atom is -0.397 e. The van der Waals surface area contributed by atoms with Crippen LogP contribution in [0.5, 0.6) is 0 Å². The monoisotopic (exact) mass is 278 g/mol. The fourth-order valence-electron chi connectivity index (χ4n) is 2.31. The molecule has 0 aliphatic carbocycles. The molecule has 0 saturated carbocycles. The first-order chi connectivity index (χ1) is 9.50. The number of anilines is 2. The van der Waals surface area contributed by atoms with E-state index in [2.05, 4.69) is 28.6 Å². The lowest BCUT2D eigenvalue weighted by atomic mass is 10.0. The van der Waals surface area contributed by atoms with Crippen molar-refractivity contribution < 1.29 is 4.74 Å². The number of nitrogens with zero attached hydrogens (tertiary/aromatic N) is 3. The number of aromatic nitrogens is 1. The van der Waals surface area contributed by atoms with E-state index in [0.29, 0.717) is 5.69 Å². The quantitative estimate of drug-likeness (QED) is 0.886. The average molecular weight is 278 g/mol. The zero-order chi connectivity index (χ0) is 14.6. The van der Waals surface area contributed by atoms with Crippen LogP contribution < -0.4 is 10.6 Å². The maximum absolute atomic E-state index is 5.67. The van der Waals surface area contributed by atoms with E-state index >= 15 is 0 Å². The van der Waals surface area contributed by atoms with Gasteiger partial charge in [-0.2, -0.15) is 0 Å². The minimum atomic E-state index is -0.0321. The summed E-state index contributed by atoms with van der Waals surface area (Å²) in [6.45, 7) is 9.55. The molecule has 0 aromatic carbocycles. The molecular weight excluding hydrogens is 252 g/mol. The Balaban J connectivity index is 1.79. The molecule has 1 fully saturated rings. The van der Waals surface area contributed by atoms with Crippen molar-refractivity contribution in [2.75, 3.05) is 50.5 Å². The van der Waals surface area contributed by atoms with Crippen LogP contribution in [0.1, 0.15) is 20.3 Å². The van der Waals surface area contributed by atoms with E-state index in [4.69, 9.17) is 10.5 Å². The minimum absolute atomic E-state index is 0.0321. The molecular formula is C15H26N4O. The van der Waals surface area contributed by atoms with E-state index in [-0.39, 0.29) is 5.60 Å². The van der Waals surface area contributed by atoms with Crippen molar-refractivity contribution in [2.45, 2.75) is 25.9 Å². The van der Waals surface area contributed by atoms with Crippen LogP contribution in [0.25, 0.3) is 0 Å². The van der Waals surface area contributed by atoms with Crippen LogP contribution in [-0.4, -0.2) is 55.3 Å². The highest BCUT2D eigenvalue weighted by atomic mass is 16.5. The van der Waals surface area contributed by atoms with Crippen LogP contribution in [-0.2, 0) is 4.74 Å². The Morgan fingerprint density at radius 2 is 1.95 bits per heavy atom. The molecule has 1 aromatic heterocycles. The van der Waals surface area contributed by atoms with Gasteiger partial charge in [-0.15, -0.1) is 0 Å². The molecule has 0 unspecified atom stereocenters. The number of nitrogens with two attached hydrogens (primary N) is 1. The predicted molar refractivity (Wildman–Crippen MR) is 83.0 cm³/mol. The molecule has 0 atom stereocenters. The van der Waals surface area contributed by atoms with Gasteiger partial charge in [-0.1, -0.05) is 0 Å². The van der Waals surface area contributed by atoms with Gasteiger partial charge in [-0.25, -0.2) is 4.98 Å². The predicted octanol–water partition coefficient (Wildman–Crippen LogP) is 1.60. The Kier molecular flexibility index (Phi) is 4.83.